The van der Waals surface area contributed by atoms with Gasteiger partial charge < -0.3 is 11.1 Å². The number of aromatic nitrogens is 3. The van der Waals surface area contributed by atoms with E-state index in [1.807, 2.05) is 12.1 Å². The summed E-state index contributed by atoms with van der Waals surface area (Å²) in [4.78, 5) is 40.4. The summed E-state index contributed by atoms with van der Waals surface area (Å²) in [7, 11) is 2.92. The highest BCUT2D eigenvalue weighted by Crippen LogP contribution is 2.30. The van der Waals surface area contributed by atoms with Crippen molar-refractivity contribution >= 4 is 28.7 Å². The van der Waals surface area contributed by atoms with Gasteiger partial charge in [-0.2, -0.15) is 0 Å². The number of nitrogens with two attached hydrogens (primary N) is 1. The van der Waals surface area contributed by atoms with Crippen LogP contribution < -0.4 is 22.3 Å². The SMILES string of the molecule is CCC(=O)Nc1ccc(-c2nc(-c3c(N)n(C)c(=O)n(C)c3=O)cs2)cc1. The number of hydrogen-bond donors (Lipinski definition) is 2. The van der Waals surface area contributed by atoms with Gasteiger partial charge in [0.15, 0.2) is 0 Å². The van der Waals surface area contributed by atoms with Gasteiger partial charge in [0.1, 0.15) is 16.4 Å². The standard InChI is InChI=1S/C18H19N5O3S/c1-4-13(24)20-11-7-5-10(6-8-11)16-21-12(9-27-16)14-15(19)22(2)18(26)23(3)17(14)25/h5-9H,4,19H2,1-3H3,(H,20,24). The van der Waals surface area contributed by atoms with Crippen molar-refractivity contribution in [2.75, 3.05) is 11.1 Å². The van der Waals surface area contributed by atoms with E-state index in [0.29, 0.717) is 22.8 Å². The van der Waals surface area contributed by atoms with E-state index in [-0.39, 0.29) is 17.3 Å². The Hall–Kier alpha value is -3.20. The van der Waals surface area contributed by atoms with E-state index in [9.17, 15) is 14.4 Å². The summed E-state index contributed by atoms with van der Waals surface area (Å²) in [5.41, 5.74) is 7.20. The monoisotopic (exact) mass is 385 g/mol. The van der Waals surface area contributed by atoms with Crippen LogP contribution in [0.3, 0.4) is 0 Å². The molecule has 2 aromatic heterocycles. The third-order valence-electron chi connectivity index (χ3n) is 4.21. The van der Waals surface area contributed by atoms with Crippen LogP contribution in [-0.4, -0.2) is 20.0 Å². The van der Waals surface area contributed by atoms with E-state index in [1.54, 1.807) is 24.4 Å². The second-order valence-electron chi connectivity index (χ2n) is 5.98. The molecule has 0 bridgehead atoms. The predicted molar refractivity (Wildman–Crippen MR) is 107 cm³/mol. The van der Waals surface area contributed by atoms with E-state index in [4.69, 9.17) is 5.73 Å². The third kappa shape index (κ3) is 3.41. The van der Waals surface area contributed by atoms with Gasteiger partial charge in [0.2, 0.25) is 5.91 Å². The molecule has 3 aromatic rings. The van der Waals surface area contributed by atoms with Gasteiger partial charge in [0.25, 0.3) is 5.56 Å². The number of carbonyl (C=O) groups is 1. The number of thiazole rings is 1. The average molecular weight is 385 g/mol. The Labute approximate surface area is 158 Å². The smallest absolute Gasteiger partial charge is 0.332 e. The highest BCUT2D eigenvalue weighted by Gasteiger charge is 2.18. The third-order valence-corrected chi connectivity index (χ3v) is 5.10. The van der Waals surface area contributed by atoms with E-state index < -0.39 is 11.2 Å². The van der Waals surface area contributed by atoms with Crippen molar-refractivity contribution in [3.63, 3.8) is 0 Å². The number of carbonyl (C=O) groups excluding carboxylic acids is 1. The van der Waals surface area contributed by atoms with Crippen LogP contribution in [0, 0.1) is 0 Å². The first-order chi connectivity index (χ1) is 12.8. The molecule has 2 heterocycles. The average Bonchev–Trinajstić information content (AvgIpc) is 3.15. The first-order valence-corrected chi connectivity index (χ1v) is 9.13. The molecule has 0 fully saturated rings. The Kier molecular flexibility index (Phi) is 4.95. The minimum Gasteiger partial charge on any atom is -0.384 e. The molecule has 0 aliphatic carbocycles. The number of nitrogen functional groups attached to an aromatic ring is 1. The normalized spacial score (nSPS) is 10.8. The van der Waals surface area contributed by atoms with Crippen molar-refractivity contribution in [1.29, 1.82) is 0 Å². The van der Waals surface area contributed by atoms with E-state index in [0.717, 1.165) is 10.1 Å². The molecule has 3 N–H and O–H groups in total. The number of nitrogens with one attached hydrogen (secondary N) is 1. The maximum atomic E-state index is 12.5. The van der Waals surface area contributed by atoms with Crippen LogP contribution in [0.25, 0.3) is 21.8 Å². The lowest BCUT2D eigenvalue weighted by molar-refractivity contribution is -0.115. The maximum absolute atomic E-state index is 12.5. The summed E-state index contributed by atoms with van der Waals surface area (Å²) in [6, 6.07) is 7.28. The van der Waals surface area contributed by atoms with E-state index in [2.05, 4.69) is 10.3 Å². The highest BCUT2D eigenvalue weighted by atomic mass is 32.1. The van der Waals surface area contributed by atoms with Gasteiger partial charge in [-0.05, 0) is 24.3 Å². The first-order valence-electron chi connectivity index (χ1n) is 8.25. The zero-order chi connectivity index (χ0) is 19.7. The second kappa shape index (κ2) is 7.20. The quantitative estimate of drug-likeness (QED) is 0.711. The summed E-state index contributed by atoms with van der Waals surface area (Å²) < 4.78 is 2.23. The lowest BCUT2D eigenvalue weighted by Gasteiger charge is -2.09. The minimum atomic E-state index is -0.485. The van der Waals surface area contributed by atoms with Crippen molar-refractivity contribution in [3.05, 3.63) is 50.5 Å². The molecular formula is C18H19N5O3S. The summed E-state index contributed by atoms with van der Waals surface area (Å²) in [5, 5.41) is 5.22. The van der Waals surface area contributed by atoms with Gasteiger partial charge in [0.05, 0.1) is 5.69 Å². The molecule has 0 spiro atoms. The predicted octanol–water partition coefficient (Wildman–Crippen LogP) is 1.81. The summed E-state index contributed by atoms with van der Waals surface area (Å²) >= 11 is 1.37. The molecule has 1 aromatic carbocycles. The van der Waals surface area contributed by atoms with Crippen LogP contribution in [0.4, 0.5) is 11.5 Å². The van der Waals surface area contributed by atoms with E-state index >= 15 is 0 Å². The van der Waals surface area contributed by atoms with Crippen LogP contribution >= 0.6 is 11.3 Å². The van der Waals surface area contributed by atoms with Crippen molar-refractivity contribution < 1.29 is 4.79 Å². The van der Waals surface area contributed by atoms with Crippen LogP contribution in [0.1, 0.15) is 13.3 Å². The molecule has 8 nitrogen and oxygen atoms in total. The number of anilines is 2. The highest BCUT2D eigenvalue weighted by molar-refractivity contribution is 7.13. The lowest BCUT2D eigenvalue weighted by atomic mass is 10.2. The Morgan fingerprint density at radius 2 is 1.85 bits per heavy atom. The van der Waals surface area contributed by atoms with Crippen molar-refractivity contribution in [3.8, 4) is 21.8 Å². The van der Waals surface area contributed by atoms with Gasteiger partial charge >= 0.3 is 5.69 Å². The molecule has 0 saturated heterocycles. The van der Waals surface area contributed by atoms with Crippen LogP contribution in [0.15, 0.2) is 39.2 Å². The van der Waals surface area contributed by atoms with Crippen LogP contribution in [0.5, 0.6) is 0 Å². The maximum Gasteiger partial charge on any atom is 0.332 e. The molecule has 140 valence electrons. The molecule has 3 rings (SSSR count). The fourth-order valence-corrected chi connectivity index (χ4v) is 3.38. The van der Waals surface area contributed by atoms with E-state index in [1.165, 1.54) is 30.0 Å². The van der Waals surface area contributed by atoms with Crippen molar-refractivity contribution in [1.82, 2.24) is 14.1 Å². The summed E-state index contributed by atoms with van der Waals surface area (Å²) in [6.07, 6.45) is 0.410. The number of nitrogens with zero attached hydrogens (tertiary/aromatic N) is 3. The van der Waals surface area contributed by atoms with Gasteiger partial charge in [0, 0.05) is 37.1 Å². The van der Waals surface area contributed by atoms with Gasteiger partial charge in [-0.25, -0.2) is 9.78 Å². The molecule has 0 aliphatic rings. The van der Waals surface area contributed by atoms with Gasteiger partial charge in [-0.15, -0.1) is 11.3 Å². The summed E-state index contributed by atoms with van der Waals surface area (Å²) in [6.45, 7) is 1.79. The van der Waals surface area contributed by atoms with Gasteiger partial charge in [-0.3, -0.25) is 18.7 Å². The van der Waals surface area contributed by atoms with Gasteiger partial charge in [-0.1, -0.05) is 6.92 Å². The molecule has 0 atom stereocenters. The Balaban J connectivity index is 1.98. The van der Waals surface area contributed by atoms with Crippen LogP contribution in [-0.2, 0) is 18.9 Å². The minimum absolute atomic E-state index is 0.0553. The Bertz CT molecular complexity index is 1130. The molecule has 0 radical (unpaired) electrons. The Morgan fingerprint density at radius 3 is 2.48 bits per heavy atom. The number of benzene rings is 1. The first kappa shape index (κ1) is 18.6. The molecule has 0 unspecified atom stereocenters. The molecule has 0 saturated carbocycles. The number of rotatable bonds is 4. The largest absolute Gasteiger partial charge is 0.384 e. The molecular weight excluding hydrogens is 366 g/mol. The number of amides is 1. The topological polar surface area (TPSA) is 112 Å². The molecule has 9 heteroatoms. The molecule has 1 amide bonds. The fourth-order valence-electron chi connectivity index (χ4n) is 2.57. The molecule has 0 aliphatic heterocycles. The van der Waals surface area contributed by atoms with Crippen molar-refractivity contribution in [2.24, 2.45) is 14.1 Å². The lowest BCUT2D eigenvalue weighted by Crippen LogP contribution is -2.39. The zero-order valence-electron chi connectivity index (χ0n) is 15.1. The van der Waals surface area contributed by atoms with Crippen LogP contribution in [0.2, 0.25) is 0 Å². The fraction of sp³-hybridized carbons (Fsp3) is 0.222. The zero-order valence-corrected chi connectivity index (χ0v) is 16.0. The molecule has 27 heavy (non-hydrogen) atoms. The second-order valence-corrected chi connectivity index (χ2v) is 6.84. The number of hydrogen-bond acceptors (Lipinski definition) is 6. The van der Waals surface area contributed by atoms with Crippen molar-refractivity contribution in [2.45, 2.75) is 13.3 Å². The Morgan fingerprint density at radius 1 is 1.19 bits per heavy atom. The summed E-state index contributed by atoms with van der Waals surface area (Å²) in [5.74, 6) is 0.0258.